The predicted octanol–water partition coefficient (Wildman–Crippen LogP) is 4.90. The van der Waals surface area contributed by atoms with Crippen molar-refractivity contribution in [3.8, 4) is 11.1 Å². The molecule has 3 aromatic rings. The summed E-state index contributed by atoms with van der Waals surface area (Å²) in [7, 11) is 0. The number of hydrogen-bond donors (Lipinski definition) is 4. The molecule has 0 unspecified atom stereocenters. The Morgan fingerprint density at radius 2 is 1.56 bits per heavy atom. The van der Waals surface area contributed by atoms with Gasteiger partial charge in [-0.25, -0.2) is 4.79 Å². The Morgan fingerprint density at radius 3 is 2.06 bits per heavy atom. The zero-order valence-electron chi connectivity index (χ0n) is 20.7. The number of aromatic carboxylic acids is 1. The van der Waals surface area contributed by atoms with Crippen molar-refractivity contribution in [1.82, 2.24) is 4.98 Å². The van der Waals surface area contributed by atoms with E-state index in [4.69, 9.17) is 21.6 Å². The average Bonchev–Trinajstić information content (AvgIpc) is 2.80. The smallest absolute Gasteiger partial charge is 0.335 e. The third-order valence-electron chi connectivity index (χ3n) is 5.73. The van der Waals surface area contributed by atoms with Crippen LogP contribution in [0.2, 0.25) is 0 Å². The number of benzene rings is 2. The van der Waals surface area contributed by atoms with Crippen LogP contribution < -0.4 is 16.8 Å². The van der Waals surface area contributed by atoms with Gasteiger partial charge in [0, 0.05) is 30.2 Å². The van der Waals surface area contributed by atoms with Crippen LogP contribution in [0.1, 0.15) is 52.3 Å². The lowest BCUT2D eigenvalue weighted by atomic mass is 9.88. The molecule has 0 bridgehead atoms. The Morgan fingerprint density at radius 1 is 0.944 bits per heavy atom. The summed E-state index contributed by atoms with van der Waals surface area (Å²) in [5.41, 5.74) is 19.2. The molecule has 0 aliphatic carbocycles. The third kappa shape index (κ3) is 7.51. The number of halogens is 2. The van der Waals surface area contributed by atoms with Gasteiger partial charge in [-0.1, -0.05) is 38.1 Å². The van der Waals surface area contributed by atoms with Gasteiger partial charge < -0.3 is 21.9 Å². The fourth-order valence-electron chi connectivity index (χ4n) is 4.05. The number of nitrogens with zero attached hydrogens (tertiary/aromatic N) is 1. The minimum absolute atomic E-state index is 0. The highest BCUT2D eigenvalue weighted by Gasteiger charge is 2.21. The number of carboxylic acid groups (broad SMARTS) is 1. The van der Waals surface area contributed by atoms with Gasteiger partial charge >= 0.3 is 5.97 Å². The van der Waals surface area contributed by atoms with Gasteiger partial charge in [-0.05, 0) is 71.3 Å². The van der Waals surface area contributed by atoms with E-state index in [1.54, 1.807) is 12.1 Å². The molecule has 0 aliphatic heterocycles. The Labute approximate surface area is 224 Å². The lowest BCUT2D eigenvalue weighted by Crippen LogP contribution is -2.19. The number of rotatable bonds is 9. The standard InChI is InChI=1S/C27H32N4O3.2ClH/c1-16(2)12-24-23(15-29)26(19-6-4-18(14-28)5-7-19)22(17(3)30-24)13-25(32)31-21-10-8-20(9-11-21)27(33)34;;/h4-11,16H,12-15,28-29H2,1-3H3,(H,31,32)(H,33,34);2*1H. The summed E-state index contributed by atoms with van der Waals surface area (Å²) in [5, 5.41) is 11.9. The molecule has 0 aliphatic rings. The van der Waals surface area contributed by atoms with Crippen molar-refractivity contribution in [2.24, 2.45) is 17.4 Å². The maximum Gasteiger partial charge on any atom is 0.335 e. The van der Waals surface area contributed by atoms with Crippen molar-refractivity contribution < 1.29 is 14.7 Å². The number of carbonyl (C=O) groups is 2. The van der Waals surface area contributed by atoms with E-state index in [0.29, 0.717) is 24.7 Å². The van der Waals surface area contributed by atoms with Crippen molar-refractivity contribution in [2.75, 3.05) is 5.32 Å². The van der Waals surface area contributed by atoms with Gasteiger partial charge in [0.05, 0.1) is 12.0 Å². The summed E-state index contributed by atoms with van der Waals surface area (Å²) < 4.78 is 0. The molecule has 0 saturated heterocycles. The molecule has 36 heavy (non-hydrogen) atoms. The molecule has 0 saturated carbocycles. The molecular weight excluding hydrogens is 499 g/mol. The van der Waals surface area contributed by atoms with Crippen LogP contribution >= 0.6 is 24.8 Å². The van der Waals surface area contributed by atoms with Crippen molar-refractivity contribution in [3.63, 3.8) is 0 Å². The molecule has 6 N–H and O–H groups in total. The summed E-state index contributed by atoms with van der Waals surface area (Å²) in [6, 6.07) is 14.1. The van der Waals surface area contributed by atoms with Crippen LogP contribution in [0, 0.1) is 12.8 Å². The van der Waals surface area contributed by atoms with E-state index in [2.05, 4.69) is 19.2 Å². The molecule has 2 aromatic carbocycles. The molecule has 1 aromatic heterocycles. The van der Waals surface area contributed by atoms with Gasteiger partial charge in [0.2, 0.25) is 5.91 Å². The lowest BCUT2D eigenvalue weighted by molar-refractivity contribution is -0.115. The Balaban J connectivity index is 0.00000324. The topological polar surface area (TPSA) is 131 Å². The number of amides is 1. The van der Waals surface area contributed by atoms with E-state index >= 15 is 0 Å². The highest BCUT2D eigenvalue weighted by Crippen LogP contribution is 2.33. The minimum Gasteiger partial charge on any atom is -0.478 e. The highest BCUT2D eigenvalue weighted by molar-refractivity contribution is 5.95. The van der Waals surface area contributed by atoms with Crippen LogP contribution in [-0.4, -0.2) is 22.0 Å². The molecule has 0 radical (unpaired) electrons. The number of anilines is 1. The molecule has 0 spiro atoms. The molecule has 194 valence electrons. The quantitative estimate of drug-likeness (QED) is 0.310. The van der Waals surface area contributed by atoms with Crippen LogP contribution in [-0.2, 0) is 30.7 Å². The van der Waals surface area contributed by atoms with Crippen LogP contribution in [0.25, 0.3) is 11.1 Å². The number of carboxylic acids is 1. The molecule has 1 heterocycles. The van der Waals surface area contributed by atoms with E-state index < -0.39 is 5.97 Å². The number of pyridine rings is 1. The third-order valence-corrected chi connectivity index (χ3v) is 5.73. The molecule has 0 atom stereocenters. The average molecular weight is 534 g/mol. The largest absolute Gasteiger partial charge is 0.478 e. The van der Waals surface area contributed by atoms with Crippen molar-refractivity contribution in [3.05, 3.63) is 82.2 Å². The van der Waals surface area contributed by atoms with Crippen LogP contribution in [0.5, 0.6) is 0 Å². The maximum absolute atomic E-state index is 13.0. The molecular formula is C27H34Cl2N4O3. The number of hydrogen-bond acceptors (Lipinski definition) is 5. The molecule has 1 amide bonds. The normalized spacial score (nSPS) is 10.4. The molecule has 3 rings (SSSR count). The van der Waals surface area contributed by atoms with E-state index in [1.807, 2.05) is 31.2 Å². The summed E-state index contributed by atoms with van der Waals surface area (Å²) in [4.78, 5) is 28.9. The van der Waals surface area contributed by atoms with E-state index in [1.165, 1.54) is 12.1 Å². The van der Waals surface area contributed by atoms with E-state index in [0.717, 1.165) is 45.6 Å². The first kappa shape index (κ1) is 31.1. The van der Waals surface area contributed by atoms with Crippen LogP contribution in [0.15, 0.2) is 48.5 Å². The molecule has 7 nitrogen and oxygen atoms in total. The summed E-state index contributed by atoms with van der Waals surface area (Å²) in [6.07, 6.45) is 0.909. The second-order valence-corrected chi connectivity index (χ2v) is 8.79. The maximum atomic E-state index is 13.0. The predicted molar refractivity (Wildman–Crippen MR) is 149 cm³/mol. The van der Waals surface area contributed by atoms with Gasteiger partial charge in [0.1, 0.15) is 0 Å². The van der Waals surface area contributed by atoms with Gasteiger partial charge in [-0.2, -0.15) is 0 Å². The number of aromatic nitrogens is 1. The van der Waals surface area contributed by atoms with Crippen molar-refractivity contribution >= 4 is 42.4 Å². The zero-order valence-corrected chi connectivity index (χ0v) is 22.3. The zero-order chi connectivity index (χ0) is 24.8. The van der Waals surface area contributed by atoms with Crippen LogP contribution in [0.4, 0.5) is 5.69 Å². The highest BCUT2D eigenvalue weighted by atomic mass is 35.5. The SMILES string of the molecule is Cc1nc(CC(C)C)c(CN)c(-c2ccc(CN)cc2)c1CC(=O)Nc1ccc(C(=O)O)cc1.Cl.Cl. The first-order valence-corrected chi connectivity index (χ1v) is 11.4. The van der Waals surface area contributed by atoms with Crippen molar-refractivity contribution in [2.45, 2.75) is 46.7 Å². The minimum atomic E-state index is -1.01. The number of carbonyl (C=O) groups excluding carboxylic acids is 1. The first-order valence-electron chi connectivity index (χ1n) is 11.4. The van der Waals surface area contributed by atoms with Gasteiger partial charge in [0.25, 0.3) is 0 Å². The number of nitrogens with two attached hydrogens (primary N) is 2. The number of nitrogens with one attached hydrogen (secondary N) is 1. The Bertz CT molecular complexity index is 1180. The van der Waals surface area contributed by atoms with Gasteiger partial charge in [0.15, 0.2) is 0 Å². The lowest BCUT2D eigenvalue weighted by Gasteiger charge is -2.21. The summed E-state index contributed by atoms with van der Waals surface area (Å²) in [5.74, 6) is -0.819. The second kappa shape index (κ2) is 13.9. The monoisotopic (exact) mass is 532 g/mol. The van der Waals surface area contributed by atoms with Crippen LogP contribution in [0.3, 0.4) is 0 Å². The van der Waals surface area contributed by atoms with Gasteiger partial charge in [-0.15, -0.1) is 24.8 Å². The van der Waals surface area contributed by atoms with E-state index in [-0.39, 0.29) is 42.7 Å². The molecule has 0 fully saturated rings. The van der Waals surface area contributed by atoms with E-state index in [9.17, 15) is 9.59 Å². The summed E-state index contributed by atoms with van der Waals surface area (Å²) >= 11 is 0. The fraction of sp³-hybridized carbons (Fsp3) is 0.296. The fourth-order valence-corrected chi connectivity index (χ4v) is 4.05. The number of aryl methyl sites for hydroxylation is 1. The molecule has 9 heteroatoms. The van der Waals surface area contributed by atoms with Crippen molar-refractivity contribution in [1.29, 1.82) is 0 Å². The Hall–Kier alpha value is -2.97. The first-order chi connectivity index (χ1) is 16.2. The Kier molecular flexibility index (Phi) is 12.0. The second-order valence-electron chi connectivity index (χ2n) is 8.79. The van der Waals surface area contributed by atoms with Gasteiger partial charge in [-0.3, -0.25) is 9.78 Å². The summed E-state index contributed by atoms with van der Waals surface area (Å²) in [6.45, 7) is 6.97.